The molecule has 4 aromatic rings. The molecule has 0 aliphatic heterocycles. The predicted octanol–water partition coefficient (Wildman–Crippen LogP) is 6.39. The molecular formula is C32H42Cl2N2O4P2S2. The topological polar surface area (TPSA) is 114 Å². The highest BCUT2D eigenvalue weighted by molar-refractivity contribution is 8.37. The lowest BCUT2D eigenvalue weighted by Crippen LogP contribution is -2.51. The van der Waals surface area contributed by atoms with Gasteiger partial charge in [0.05, 0.1) is 0 Å². The SMILES string of the molecule is CCOP(=O)([S-])c1ccccc1.CCOP([O-])(=S)c1ccccc1.C[C@@H]([NH3+])c1ccc(Cl)cc1.C[C@@H]([NH3+])c1ccc(Cl)cc1. The lowest BCUT2D eigenvalue weighted by atomic mass is 10.1. The summed E-state index contributed by atoms with van der Waals surface area (Å²) in [5, 5.41) is 2.76. The summed E-state index contributed by atoms with van der Waals surface area (Å²) in [5.74, 6) is 0. The Kier molecular flexibility index (Phi) is 19.6. The molecule has 0 heterocycles. The Labute approximate surface area is 282 Å². The maximum absolute atomic E-state index is 11.6. The van der Waals surface area contributed by atoms with E-state index in [2.05, 4.69) is 25.3 Å². The summed E-state index contributed by atoms with van der Waals surface area (Å²) in [6.45, 7) is 2.52. The van der Waals surface area contributed by atoms with Gasteiger partial charge in [-0.15, -0.1) is 0 Å². The first-order valence-electron chi connectivity index (χ1n) is 13.9. The molecule has 4 rings (SSSR count). The second-order valence-corrected chi connectivity index (χ2v) is 16.7. The van der Waals surface area contributed by atoms with Crippen molar-refractivity contribution in [3.63, 3.8) is 0 Å². The van der Waals surface area contributed by atoms with Crippen molar-refractivity contribution in [3.05, 3.63) is 130 Å². The van der Waals surface area contributed by atoms with Crippen molar-refractivity contribution >= 4 is 70.9 Å². The summed E-state index contributed by atoms with van der Waals surface area (Å²) in [6.07, 6.45) is 0. The molecule has 6 N–H and O–H groups in total. The van der Waals surface area contributed by atoms with E-state index >= 15 is 0 Å². The molecule has 12 heteroatoms. The van der Waals surface area contributed by atoms with Crippen molar-refractivity contribution in [3.8, 4) is 0 Å². The maximum Gasteiger partial charge on any atom is 0.107 e. The van der Waals surface area contributed by atoms with Crippen molar-refractivity contribution in [2.24, 2.45) is 0 Å². The minimum Gasteiger partial charge on any atom is -0.797 e. The Morgan fingerprint density at radius 3 is 1.36 bits per heavy atom. The van der Waals surface area contributed by atoms with Crippen LogP contribution >= 0.6 is 36.3 Å². The average Bonchev–Trinajstić information content (AvgIpc) is 2.99. The Morgan fingerprint density at radius 1 is 0.705 bits per heavy atom. The monoisotopic (exact) mass is 714 g/mol. The van der Waals surface area contributed by atoms with Crippen LogP contribution in [0.4, 0.5) is 0 Å². The van der Waals surface area contributed by atoms with E-state index in [1.807, 2.05) is 60.7 Å². The fourth-order valence-corrected chi connectivity index (χ4v) is 6.96. The molecule has 0 aliphatic rings. The smallest absolute Gasteiger partial charge is 0.107 e. The highest BCUT2D eigenvalue weighted by Gasteiger charge is 2.07. The van der Waals surface area contributed by atoms with Crippen LogP contribution in [0.3, 0.4) is 0 Å². The Balaban J connectivity index is 0.000000294. The molecule has 4 atom stereocenters. The average molecular weight is 716 g/mol. The third-order valence-electron chi connectivity index (χ3n) is 5.62. The molecule has 2 unspecified atom stereocenters. The second-order valence-electron chi connectivity index (χ2n) is 9.41. The number of hydrogen-bond acceptors (Lipinski definition) is 6. The molecule has 0 saturated heterocycles. The van der Waals surface area contributed by atoms with Gasteiger partial charge in [0.2, 0.25) is 0 Å². The number of benzene rings is 4. The van der Waals surface area contributed by atoms with Gasteiger partial charge in [0.15, 0.2) is 0 Å². The van der Waals surface area contributed by atoms with Crippen LogP contribution in [-0.4, -0.2) is 13.2 Å². The van der Waals surface area contributed by atoms with Crippen LogP contribution in [0, 0.1) is 0 Å². The summed E-state index contributed by atoms with van der Waals surface area (Å²) < 4.78 is 21.6. The van der Waals surface area contributed by atoms with Crippen molar-refractivity contribution in [1.29, 1.82) is 0 Å². The minimum absolute atomic E-state index is 0.345. The van der Waals surface area contributed by atoms with Crippen LogP contribution in [0.5, 0.6) is 0 Å². The van der Waals surface area contributed by atoms with Crippen molar-refractivity contribution in [2.75, 3.05) is 13.2 Å². The summed E-state index contributed by atoms with van der Waals surface area (Å²) in [4.78, 5) is 11.6. The summed E-state index contributed by atoms with van der Waals surface area (Å²) in [5.41, 5.74) is 10.2. The van der Waals surface area contributed by atoms with Gasteiger partial charge in [-0.2, -0.15) is 0 Å². The number of hydrogen-bond donors (Lipinski definition) is 2. The highest BCUT2D eigenvalue weighted by atomic mass is 35.5. The molecule has 0 amide bonds. The van der Waals surface area contributed by atoms with Crippen LogP contribution in [0.15, 0.2) is 109 Å². The Morgan fingerprint density at radius 2 is 1.05 bits per heavy atom. The third-order valence-corrected chi connectivity index (χ3v) is 11.1. The molecule has 0 fully saturated rings. The zero-order valence-corrected chi connectivity index (χ0v) is 30.4. The molecule has 6 nitrogen and oxygen atoms in total. The molecule has 0 aromatic heterocycles. The lowest BCUT2D eigenvalue weighted by Gasteiger charge is -2.27. The van der Waals surface area contributed by atoms with Crippen LogP contribution in [0.25, 0.3) is 0 Å². The van der Waals surface area contributed by atoms with Crippen LogP contribution in [0.2, 0.25) is 10.0 Å². The normalized spacial score (nSPS) is 14.4. The van der Waals surface area contributed by atoms with E-state index in [0.29, 0.717) is 35.9 Å². The summed E-state index contributed by atoms with van der Waals surface area (Å²) >= 11 is 21.1. The quantitative estimate of drug-likeness (QED) is 0.162. The van der Waals surface area contributed by atoms with Gasteiger partial charge in [-0.3, -0.25) is 0 Å². The third kappa shape index (κ3) is 16.2. The molecule has 0 spiro atoms. The van der Waals surface area contributed by atoms with E-state index < -0.39 is 13.1 Å². The highest BCUT2D eigenvalue weighted by Crippen LogP contribution is 2.42. The van der Waals surface area contributed by atoms with E-state index in [-0.39, 0.29) is 0 Å². The van der Waals surface area contributed by atoms with Gasteiger partial charge >= 0.3 is 0 Å². The van der Waals surface area contributed by atoms with Crippen LogP contribution in [0.1, 0.15) is 50.9 Å². The first kappa shape index (κ1) is 40.5. The van der Waals surface area contributed by atoms with Gasteiger partial charge in [0.25, 0.3) is 0 Å². The molecule has 240 valence electrons. The largest absolute Gasteiger partial charge is 0.797 e. The van der Waals surface area contributed by atoms with E-state index in [9.17, 15) is 9.46 Å². The number of quaternary nitrogens is 2. The minimum atomic E-state index is -2.96. The van der Waals surface area contributed by atoms with E-state index in [1.165, 1.54) is 11.1 Å². The fraction of sp³-hybridized carbons (Fsp3) is 0.250. The number of halogens is 2. The predicted molar refractivity (Wildman–Crippen MR) is 190 cm³/mol. The molecule has 0 saturated carbocycles. The van der Waals surface area contributed by atoms with E-state index in [4.69, 9.17) is 56.3 Å². The maximum atomic E-state index is 11.6. The first-order chi connectivity index (χ1) is 20.7. The molecule has 0 aliphatic carbocycles. The van der Waals surface area contributed by atoms with Gasteiger partial charge in [-0.05, 0) is 57.3 Å². The molecule has 4 aromatic carbocycles. The van der Waals surface area contributed by atoms with Gasteiger partial charge in [-0.1, -0.05) is 120 Å². The second kappa shape index (κ2) is 21.3. The summed E-state index contributed by atoms with van der Waals surface area (Å²) in [6, 6.07) is 34.0. The van der Waals surface area contributed by atoms with Crippen molar-refractivity contribution < 1.29 is 30.0 Å². The molecule has 0 radical (unpaired) electrons. The summed E-state index contributed by atoms with van der Waals surface area (Å²) in [7, 11) is 0. The zero-order valence-electron chi connectivity index (χ0n) is 25.5. The molecule has 44 heavy (non-hydrogen) atoms. The number of rotatable bonds is 8. The Bertz CT molecular complexity index is 1320. The first-order valence-corrected chi connectivity index (χ1v) is 20.0. The fourth-order valence-electron chi connectivity index (χ4n) is 3.29. The van der Waals surface area contributed by atoms with E-state index in [1.54, 1.807) is 62.4 Å². The van der Waals surface area contributed by atoms with Crippen LogP contribution < -0.4 is 27.0 Å². The zero-order chi connectivity index (χ0) is 33.2. The van der Waals surface area contributed by atoms with Gasteiger partial charge in [0.1, 0.15) is 18.7 Å². The van der Waals surface area contributed by atoms with E-state index in [0.717, 1.165) is 10.0 Å². The van der Waals surface area contributed by atoms with Crippen LogP contribution in [-0.2, 0) is 37.7 Å². The lowest BCUT2D eigenvalue weighted by molar-refractivity contribution is -0.420. The molecule has 0 bridgehead atoms. The molecular weight excluding hydrogens is 673 g/mol. The van der Waals surface area contributed by atoms with Crippen molar-refractivity contribution in [2.45, 2.75) is 39.8 Å². The van der Waals surface area contributed by atoms with Crippen molar-refractivity contribution in [1.82, 2.24) is 0 Å². The van der Waals surface area contributed by atoms with Gasteiger partial charge in [-0.25, -0.2) is 0 Å². The van der Waals surface area contributed by atoms with Gasteiger partial charge < -0.3 is 42.2 Å². The standard InChI is InChI=1S/2C8H10ClN.2C8H11O2PS/c2*1-6(10)7-2-4-8(9)5-3-7;2*1-2-10-11(9,12)8-6-4-3-5-7-8/h2*2-6H,10H2,1H3;2*3-7H,2H2,1H3,(H,9,12)/t2*6-;;/m11../s1. The Hall–Kier alpha value is -1.51. The van der Waals surface area contributed by atoms with Gasteiger partial charge in [0, 0.05) is 46.2 Å².